The van der Waals surface area contributed by atoms with Gasteiger partial charge in [0.25, 0.3) is 0 Å². The van der Waals surface area contributed by atoms with Crippen molar-refractivity contribution in [2.45, 2.75) is 13.0 Å². The average Bonchev–Trinajstić information content (AvgIpc) is 2.75. The van der Waals surface area contributed by atoms with Crippen LogP contribution in [-0.2, 0) is 0 Å². The van der Waals surface area contributed by atoms with Crippen molar-refractivity contribution < 1.29 is 9.13 Å². The molecular formula is C14H14BrClFNOS. The lowest BCUT2D eigenvalue weighted by atomic mass is 10.0. The Morgan fingerprint density at radius 3 is 2.70 bits per heavy atom. The van der Waals surface area contributed by atoms with Gasteiger partial charge in [-0.3, -0.25) is 0 Å². The van der Waals surface area contributed by atoms with Crippen LogP contribution in [0.2, 0.25) is 4.34 Å². The van der Waals surface area contributed by atoms with E-state index in [-0.39, 0.29) is 17.6 Å². The average molecular weight is 379 g/mol. The van der Waals surface area contributed by atoms with Crippen LogP contribution in [0.5, 0.6) is 5.75 Å². The van der Waals surface area contributed by atoms with Gasteiger partial charge in [-0.15, -0.1) is 11.3 Å². The molecule has 2 aromatic rings. The minimum atomic E-state index is -0.366. The number of ether oxygens (including phenoxy) is 1. The van der Waals surface area contributed by atoms with Gasteiger partial charge < -0.3 is 10.1 Å². The Morgan fingerprint density at radius 2 is 2.20 bits per heavy atom. The summed E-state index contributed by atoms with van der Waals surface area (Å²) < 4.78 is 20.4. The molecule has 0 aliphatic rings. The van der Waals surface area contributed by atoms with E-state index in [2.05, 4.69) is 21.2 Å². The number of nitrogens with one attached hydrogen (secondary N) is 1. The Labute approximate surface area is 135 Å². The highest BCUT2D eigenvalue weighted by atomic mass is 79.9. The number of rotatable bonds is 5. The summed E-state index contributed by atoms with van der Waals surface area (Å²) in [5, 5.41) is 3.34. The van der Waals surface area contributed by atoms with Crippen molar-refractivity contribution in [1.82, 2.24) is 5.32 Å². The van der Waals surface area contributed by atoms with Crippen LogP contribution < -0.4 is 10.1 Å². The normalized spacial score (nSPS) is 12.4. The molecule has 1 atom stereocenters. The van der Waals surface area contributed by atoms with Crippen LogP contribution in [0.1, 0.15) is 23.4 Å². The van der Waals surface area contributed by atoms with Gasteiger partial charge in [-0.2, -0.15) is 0 Å². The fourth-order valence-electron chi connectivity index (χ4n) is 1.95. The summed E-state index contributed by atoms with van der Waals surface area (Å²) in [4.78, 5) is 1.04. The summed E-state index contributed by atoms with van der Waals surface area (Å²) in [6, 6.07) is 6.86. The Bertz CT molecular complexity index is 585. The third kappa shape index (κ3) is 3.34. The second kappa shape index (κ2) is 6.89. The summed E-state index contributed by atoms with van der Waals surface area (Å²) in [5.41, 5.74) is 0.843. The van der Waals surface area contributed by atoms with E-state index in [9.17, 15) is 4.39 Å². The van der Waals surface area contributed by atoms with E-state index >= 15 is 0 Å². The minimum absolute atomic E-state index is 0.0887. The van der Waals surface area contributed by atoms with Crippen LogP contribution in [0.15, 0.2) is 28.7 Å². The van der Waals surface area contributed by atoms with Crippen LogP contribution in [0, 0.1) is 5.82 Å². The van der Waals surface area contributed by atoms with Crippen LogP contribution in [0.3, 0.4) is 0 Å². The predicted octanol–water partition coefficient (Wildman–Crippen LogP) is 5.01. The second-order valence-electron chi connectivity index (χ2n) is 4.16. The Kier molecular flexibility index (Phi) is 5.43. The molecule has 0 bridgehead atoms. The first-order chi connectivity index (χ1) is 9.56. The molecule has 0 spiro atoms. The molecule has 20 heavy (non-hydrogen) atoms. The summed E-state index contributed by atoms with van der Waals surface area (Å²) in [6.07, 6.45) is 0. The maximum Gasteiger partial charge on any atom is 0.165 e. The van der Waals surface area contributed by atoms with Gasteiger partial charge in [-0.1, -0.05) is 24.6 Å². The predicted molar refractivity (Wildman–Crippen MR) is 85.5 cm³/mol. The van der Waals surface area contributed by atoms with E-state index in [4.69, 9.17) is 16.3 Å². The molecule has 0 radical (unpaired) electrons. The van der Waals surface area contributed by atoms with Gasteiger partial charge in [0, 0.05) is 9.35 Å². The van der Waals surface area contributed by atoms with Crippen molar-refractivity contribution in [1.29, 1.82) is 0 Å². The summed E-state index contributed by atoms with van der Waals surface area (Å²) in [5.74, 6) is -0.121. The maximum atomic E-state index is 13.9. The number of halogens is 3. The van der Waals surface area contributed by atoms with E-state index in [0.29, 0.717) is 4.34 Å². The van der Waals surface area contributed by atoms with E-state index in [1.807, 2.05) is 19.1 Å². The zero-order valence-electron chi connectivity index (χ0n) is 11.0. The molecule has 1 N–H and O–H groups in total. The van der Waals surface area contributed by atoms with Crippen LogP contribution in [-0.4, -0.2) is 13.7 Å². The van der Waals surface area contributed by atoms with E-state index in [1.165, 1.54) is 24.5 Å². The smallest absolute Gasteiger partial charge is 0.165 e. The quantitative estimate of drug-likeness (QED) is 0.789. The van der Waals surface area contributed by atoms with Crippen molar-refractivity contribution in [2.75, 3.05) is 13.7 Å². The van der Waals surface area contributed by atoms with Crippen LogP contribution in [0.4, 0.5) is 4.39 Å². The van der Waals surface area contributed by atoms with Crippen molar-refractivity contribution in [2.24, 2.45) is 0 Å². The lowest BCUT2D eigenvalue weighted by molar-refractivity contribution is 0.386. The molecule has 1 aromatic heterocycles. The molecule has 0 aliphatic heterocycles. The summed E-state index contributed by atoms with van der Waals surface area (Å²) in [6.45, 7) is 2.78. The monoisotopic (exact) mass is 377 g/mol. The fourth-order valence-corrected chi connectivity index (χ4v) is 3.79. The van der Waals surface area contributed by atoms with E-state index in [0.717, 1.165) is 21.5 Å². The van der Waals surface area contributed by atoms with Gasteiger partial charge >= 0.3 is 0 Å². The molecule has 0 aliphatic carbocycles. The molecule has 1 aromatic carbocycles. The molecule has 1 heterocycles. The SMILES string of the molecule is CCNC(c1ccc(OC)c(F)c1)c1cc(Br)c(Cl)s1. The second-order valence-corrected chi connectivity index (χ2v) is 6.70. The molecule has 2 rings (SSSR count). The molecule has 6 heteroatoms. The summed E-state index contributed by atoms with van der Waals surface area (Å²) >= 11 is 11.0. The third-order valence-electron chi connectivity index (χ3n) is 2.87. The first-order valence-electron chi connectivity index (χ1n) is 6.08. The van der Waals surface area contributed by atoms with Crippen LogP contribution in [0.25, 0.3) is 0 Å². The highest BCUT2D eigenvalue weighted by molar-refractivity contribution is 9.10. The Balaban J connectivity index is 2.40. The molecule has 0 amide bonds. The van der Waals surface area contributed by atoms with Gasteiger partial charge in [0.05, 0.1) is 13.2 Å². The fraction of sp³-hybridized carbons (Fsp3) is 0.286. The van der Waals surface area contributed by atoms with Gasteiger partial charge in [0.2, 0.25) is 0 Å². The van der Waals surface area contributed by atoms with Gasteiger partial charge in [-0.25, -0.2) is 4.39 Å². The molecule has 1 unspecified atom stereocenters. The highest BCUT2D eigenvalue weighted by Crippen LogP contribution is 2.38. The van der Waals surface area contributed by atoms with Crippen molar-refractivity contribution >= 4 is 38.9 Å². The standard InChI is InChI=1S/C14H14BrClFNOS/c1-3-18-13(12-7-9(15)14(16)20-12)8-4-5-11(19-2)10(17)6-8/h4-7,13,18H,3H2,1-2H3. The minimum Gasteiger partial charge on any atom is -0.494 e. The number of methoxy groups -OCH3 is 1. The number of thiophene rings is 1. The molecule has 0 fully saturated rings. The number of benzene rings is 1. The molecule has 2 nitrogen and oxygen atoms in total. The van der Waals surface area contributed by atoms with Crippen molar-refractivity contribution in [3.05, 3.63) is 49.3 Å². The van der Waals surface area contributed by atoms with E-state index < -0.39 is 0 Å². The lowest BCUT2D eigenvalue weighted by Gasteiger charge is -2.17. The number of hydrogen-bond acceptors (Lipinski definition) is 3. The topological polar surface area (TPSA) is 21.3 Å². The van der Waals surface area contributed by atoms with E-state index in [1.54, 1.807) is 6.07 Å². The van der Waals surface area contributed by atoms with Gasteiger partial charge in [-0.05, 0) is 46.2 Å². The molecule has 108 valence electrons. The molecule has 0 saturated heterocycles. The first kappa shape index (κ1) is 15.8. The zero-order valence-corrected chi connectivity index (χ0v) is 14.2. The zero-order chi connectivity index (χ0) is 14.7. The highest BCUT2D eigenvalue weighted by Gasteiger charge is 2.18. The third-order valence-corrected chi connectivity index (χ3v) is 5.41. The number of hydrogen-bond donors (Lipinski definition) is 1. The van der Waals surface area contributed by atoms with Crippen molar-refractivity contribution in [3.8, 4) is 5.75 Å². The first-order valence-corrected chi connectivity index (χ1v) is 8.07. The Hall–Kier alpha value is -0.620. The van der Waals surface area contributed by atoms with Gasteiger partial charge in [0.1, 0.15) is 4.34 Å². The van der Waals surface area contributed by atoms with Gasteiger partial charge in [0.15, 0.2) is 11.6 Å². The largest absolute Gasteiger partial charge is 0.494 e. The molecule has 0 saturated carbocycles. The Morgan fingerprint density at radius 1 is 1.45 bits per heavy atom. The summed E-state index contributed by atoms with van der Waals surface area (Å²) in [7, 11) is 1.45. The van der Waals surface area contributed by atoms with Crippen LogP contribution >= 0.6 is 38.9 Å². The lowest BCUT2D eigenvalue weighted by Crippen LogP contribution is -2.21. The van der Waals surface area contributed by atoms with Crippen molar-refractivity contribution in [3.63, 3.8) is 0 Å². The maximum absolute atomic E-state index is 13.9. The molecular weight excluding hydrogens is 365 g/mol.